The number of nitrogens with one attached hydrogen (secondary N) is 1. The van der Waals surface area contributed by atoms with Crippen molar-refractivity contribution in [1.29, 1.82) is 0 Å². The summed E-state index contributed by atoms with van der Waals surface area (Å²) in [5.74, 6) is 0.0641. The number of fused-ring (bicyclic) bond motifs is 1. The summed E-state index contributed by atoms with van der Waals surface area (Å²) >= 11 is 5.93. The third-order valence-corrected chi connectivity index (χ3v) is 6.26. The average molecular weight is 438 g/mol. The van der Waals surface area contributed by atoms with Crippen LogP contribution in [0.4, 0.5) is 0 Å². The van der Waals surface area contributed by atoms with Gasteiger partial charge in [-0.05, 0) is 54.5 Å². The Balaban J connectivity index is 1.22. The number of para-hydroxylation sites is 1. The van der Waals surface area contributed by atoms with E-state index >= 15 is 0 Å². The van der Waals surface area contributed by atoms with Gasteiger partial charge in [0, 0.05) is 49.3 Å². The lowest BCUT2D eigenvalue weighted by atomic mass is 9.96. The molecule has 2 amide bonds. The first-order valence-electron chi connectivity index (χ1n) is 10.9. The fourth-order valence-corrected chi connectivity index (χ4v) is 4.33. The molecule has 0 unspecified atom stereocenters. The van der Waals surface area contributed by atoms with Crippen molar-refractivity contribution in [1.82, 2.24) is 14.8 Å². The smallest absolute Gasteiger partial charge is 0.224 e. The molecule has 3 aromatic rings. The van der Waals surface area contributed by atoms with Gasteiger partial charge in [0.2, 0.25) is 11.8 Å². The van der Waals surface area contributed by atoms with Crippen molar-refractivity contribution in [2.75, 3.05) is 19.6 Å². The van der Waals surface area contributed by atoms with E-state index < -0.39 is 0 Å². The van der Waals surface area contributed by atoms with Gasteiger partial charge in [-0.15, -0.1) is 0 Å². The number of carbonyl (C=O) groups excluding carboxylic acids is 2. The highest BCUT2D eigenvalue weighted by Gasteiger charge is 2.29. The van der Waals surface area contributed by atoms with Gasteiger partial charge in [0.25, 0.3) is 0 Å². The molecule has 0 bridgehead atoms. The van der Waals surface area contributed by atoms with Gasteiger partial charge in [-0.1, -0.05) is 41.9 Å². The van der Waals surface area contributed by atoms with Crippen molar-refractivity contribution >= 4 is 34.3 Å². The van der Waals surface area contributed by atoms with Crippen molar-refractivity contribution in [2.45, 2.75) is 32.2 Å². The highest BCUT2D eigenvalue weighted by atomic mass is 35.5. The SMILES string of the molecule is O=C(NCCCn1ccc2ccccc21)[C@@H]1CCC(=O)N(CCc2ccc(Cl)cc2)C1. The molecule has 6 heteroatoms. The number of benzene rings is 2. The predicted octanol–water partition coefficient (Wildman–Crippen LogP) is 4.28. The first-order valence-corrected chi connectivity index (χ1v) is 11.3. The zero-order chi connectivity index (χ0) is 21.6. The van der Waals surface area contributed by atoms with Crippen LogP contribution in [0.25, 0.3) is 10.9 Å². The first kappa shape index (κ1) is 21.4. The number of hydrogen-bond acceptors (Lipinski definition) is 2. The van der Waals surface area contributed by atoms with Crippen LogP contribution in [0.3, 0.4) is 0 Å². The molecule has 1 fully saturated rings. The Morgan fingerprint density at radius 3 is 2.71 bits per heavy atom. The number of amides is 2. The average Bonchev–Trinajstić information content (AvgIpc) is 3.20. The number of nitrogens with zero attached hydrogens (tertiary/aromatic N) is 2. The van der Waals surface area contributed by atoms with E-state index in [-0.39, 0.29) is 17.7 Å². The van der Waals surface area contributed by atoms with Gasteiger partial charge in [-0.25, -0.2) is 0 Å². The predicted molar refractivity (Wildman–Crippen MR) is 124 cm³/mol. The molecule has 1 aliphatic heterocycles. The highest BCUT2D eigenvalue weighted by molar-refractivity contribution is 6.30. The minimum atomic E-state index is -0.129. The van der Waals surface area contributed by atoms with Gasteiger partial charge in [0.1, 0.15) is 0 Å². The molecule has 0 aliphatic carbocycles. The van der Waals surface area contributed by atoms with E-state index in [1.54, 1.807) is 0 Å². The quantitative estimate of drug-likeness (QED) is 0.535. The van der Waals surface area contributed by atoms with Crippen LogP contribution in [0.15, 0.2) is 60.8 Å². The normalized spacial score (nSPS) is 16.6. The van der Waals surface area contributed by atoms with Crippen molar-refractivity contribution in [3.63, 3.8) is 0 Å². The second kappa shape index (κ2) is 10.0. The number of aromatic nitrogens is 1. The Bertz CT molecular complexity index is 1040. The maximum atomic E-state index is 12.7. The molecule has 1 aromatic heterocycles. The number of rotatable bonds is 8. The Morgan fingerprint density at radius 2 is 1.87 bits per heavy atom. The Kier molecular flexibility index (Phi) is 6.92. The first-order chi connectivity index (χ1) is 15.1. The van der Waals surface area contributed by atoms with Crippen LogP contribution >= 0.6 is 11.6 Å². The highest BCUT2D eigenvalue weighted by Crippen LogP contribution is 2.19. The van der Waals surface area contributed by atoms with Gasteiger partial charge in [-0.2, -0.15) is 0 Å². The van der Waals surface area contributed by atoms with Crippen LogP contribution in [-0.4, -0.2) is 40.9 Å². The van der Waals surface area contributed by atoms with Crippen molar-refractivity contribution < 1.29 is 9.59 Å². The second-order valence-corrected chi connectivity index (χ2v) is 8.60. The van der Waals surface area contributed by atoms with Gasteiger partial charge in [-0.3, -0.25) is 9.59 Å². The molecular formula is C25H28ClN3O2. The fourth-order valence-electron chi connectivity index (χ4n) is 4.20. The molecule has 4 rings (SSSR count). The zero-order valence-electron chi connectivity index (χ0n) is 17.6. The molecule has 2 heterocycles. The Hall–Kier alpha value is -2.79. The number of carbonyl (C=O) groups is 2. The monoisotopic (exact) mass is 437 g/mol. The maximum absolute atomic E-state index is 12.7. The van der Waals surface area contributed by atoms with Crippen molar-refractivity contribution in [2.24, 2.45) is 5.92 Å². The summed E-state index contributed by atoms with van der Waals surface area (Å²) in [5, 5.41) is 5.01. The molecule has 1 aliphatic rings. The second-order valence-electron chi connectivity index (χ2n) is 8.16. The third-order valence-electron chi connectivity index (χ3n) is 6.01. The van der Waals surface area contributed by atoms with Crippen LogP contribution in [0.2, 0.25) is 5.02 Å². The largest absolute Gasteiger partial charge is 0.356 e. The lowest BCUT2D eigenvalue weighted by Gasteiger charge is -2.32. The zero-order valence-corrected chi connectivity index (χ0v) is 18.4. The number of hydrogen-bond donors (Lipinski definition) is 1. The Labute approximate surface area is 188 Å². The van der Waals surface area contributed by atoms with Crippen LogP contribution in [0, 0.1) is 5.92 Å². The molecule has 0 saturated carbocycles. The summed E-state index contributed by atoms with van der Waals surface area (Å²) in [7, 11) is 0. The minimum absolute atomic E-state index is 0.0568. The van der Waals surface area contributed by atoms with E-state index in [4.69, 9.17) is 11.6 Å². The van der Waals surface area contributed by atoms with Gasteiger partial charge in [0.15, 0.2) is 0 Å². The van der Waals surface area contributed by atoms with E-state index in [0.717, 1.165) is 24.9 Å². The lowest BCUT2D eigenvalue weighted by Crippen LogP contribution is -2.46. The molecule has 0 spiro atoms. The molecule has 31 heavy (non-hydrogen) atoms. The summed E-state index contributed by atoms with van der Waals surface area (Å²) in [6.45, 7) is 2.64. The van der Waals surface area contributed by atoms with Crippen LogP contribution in [0.5, 0.6) is 0 Å². The molecule has 1 N–H and O–H groups in total. The van der Waals surface area contributed by atoms with Gasteiger partial charge in [0.05, 0.1) is 5.92 Å². The molecule has 2 aromatic carbocycles. The Morgan fingerprint density at radius 1 is 1.06 bits per heavy atom. The summed E-state index contributed by atoms with van der Waals surface area (Å²) in [5.41, 5.74) is 2.36. The summed E-state index contributed by atoms with van der Waals surface area (Å²) < 4.78 is 2.22. The van der Waals surface area contributed by atoms with Crippen LogP contribution < -0.4 is 5.32 Å². The molecule has 1 atom stereocenters. The standard InChI is InChI=1S/C25H28ClN3O2/c26-22-9-6-19(7-10-22)12-16-29-18-21(8-11-24(29)30)25(31)27-14-3-15-28-17-13-20-4-1-2-5-23(20)28/h1-2,4-7,9-10,13,17,21H,3,8,11-12,14-16,18H2,(H,27,31)/t21-/m1/s1. The van der Waals surface area contributed by atoms with Crippen molar-refractivity contribution in [3.05, 3.63) is 71.4 Å². The summed E-state index contributed by atoms with van der Waals surface area (Å²) in [4.78, 5) is 26.8. The molecule has 5 nitrogen and oxygen atoms in total. The minimum Gasteiger partial charge on any atom is -0.356 e. The third kappa shape index (κ3) is 5.47. The van der Waals surface area contributed by atoms with E-state index in [1.165, 1.54) is 10.9 Å². The molecule has 162 valence electrons. The van der Waals surface area contributed by atoms with E-state index in [1.807, 2.05) is 41.3 Å². The molecular weight excluding hydrogens is 410 g/mol. The van der Waals surface area contributed by atoms with E-state index in [2.05, 4.69) is 34.3 Å². The van der Waals surface area contributed by atoms with Gasteiger partial charge < -0.3 is 14.8 Å². The van der Waals surface area contributed by atoms with Gasteiger partial charge >= 0.3 is 0 Å². The topological polar surface area (TPSA) is 54.3 Å². The number of piperidine rings is 1. The fraction of sp³-hybridized carbons (Fsp3) is 0.360. The van der Waals surface area contributed by atoms with E-state index in [9.17, 15) is 9.59 Å². The molecule has 1 saturated heterocycles. The maximum Gasteiger partial charge on any atom is 0.224 e. The van der Waals surface area contributed by atoms with Crippen molar-refractivity contribution in [3.8, 4) is 0 Å². The van der Waals surface area contributed by atoms with Crippen LogP contribution in [-0.2, 0) is 22.6 Å². The summed E-state index contributed by atoms with van der Waals surface area (Å²) in [6.07, 6.45) is 4.80. The summed E-state index contributed by atoms with van der Waals surface area (Å²) in [6, 6.07) is 18.1. The van der Waals surface area contributed by atoms with Crippen LogP contribution in [0.1, 0.15) is 24.8 Å². The lowest BCUT2D eigenvalue weighted by molar-refractivity contribution is -0.138. The molecule has 0 radical (unpaired) electrons. The number of halogens is 1. The number of likely N-dealkylation sites (tertiary alicyclic amines) is 1. The number of aryl methyl sites for hydroxylation is 1. The van der Waals surface area contributed by atoms with E-state index in [0.29, 0.717) is 37.5 Å².